The third-order valence-corrected chi connectivity index (χ3v) is 7.32. The quantitative estimate of drug-likeness (QED) is 0.502. The first-order valence-electron chi connectivity index (χ1n) is 5.07. The van der Waals surface area contributed by atoms with Gasteiger partial charge in [-0.05, 0) is 11.8 Å². The van der Waals surface area contributed by atoms with Gasteiger partial charge in [-0.15, -0.1) is 33.2 Å². The zero-order valence-electron chi connectivity index (χ0n) is 8.19. The molecule has 1 aliphatic carbocycles. The molecule has 13 heavy (non-hydrogen) atoms. The van der Waals surface area contributed by atoms with Crippen LogP contribution in [0.15, 0.2) is 0 Å². The Kier molecular flexibility index (Phi) is 4.43. The lowest BCUT2D eigenvalue weighted by atomic mass is 10.00. The number of hydrogen-bond acceptors (Lipinski definition) is 0. The fraction of sp³-hybridized carbons (Fsp3) is 1.00. The molecule has 2 atom stereocenters. The molecule has 0 nitrogen and oxygen atoms in total. The van der Waals surface area contributed by atoms with Crippen LogP contribution < -0.4 is 0 Å². The average molecular weight is 260 g/mol. The van der Waals surface area contributed by atoms with Crippen molar-refractivity contribution in [2.24, 2.45) is 11.8 Å². The SMILES string of the molecule is CCC1CCC(CC)C1[Si](Cl)(Cl)Cl. The molecular formula is C9H17Cl3Si. The second-order valence-corrected chi connectivity index (χ2v) is 12.8. The van der Waals surface area contributed by atoms with E-state index in [0.717, 1.165) is 0 Å². The van der Waals surface area contributed by atoms with E-state index in [0.29, 0.717) is 17.4 Å². The fourth-order valence-electron chi connectivity index (χ4n) is 2.62. The van der Waals surface area contributed by atoms with Crippen LogP contribution in [0.1, 0.15) is 39.5 Å². The molecule has 0 amide bonds. The van der Waals surface area contributed by atoms with Crippen molar-refractivity contribution in [3.8, 4) is 0 Å². The predicted molar refractivity (Wildman–Crippen MR) is 63.9 cm³/mol. The van der Waals surface area contributed by atoms with Gasteiger partial charge in [0, 0.05) is 5.54 Å². The smallest absolute Gasteiger partial charge is 0.126 e. The van der Waals surface area contributed by atoms with Crippen molar-refractivity contribution in [1.82, 2.24) is 0 Å². The van der Waals surface area contributed by atoms with Crippen LogP contribution in [0, 0.1) is 11.8 Å². The molecular weight excluding hydrogens is 243 g/mol. The molecule has 0 bridgehead atoms. The second kappa shape index (κ2) is 4.74. The minimum atomic E-state index is -2.48. The maximum atomic E-state index is 6.16. The lowest BCUT2D eigenvalue weighted by Gasteiger charge is -2.28. The van der Waals surface area contributed by atoms with E-state index in [4.69, 9.17) is 33.2 Å². The van der Waals surface area contributed by atoms with Crippen molar-refractivity contribution in [3.63, 3.8) is 0 Å². The van der Waals surface area contributed by atoms with Crippen LogP contribution in [0.5, 0.6) is 0 Å². The molecule has 1 aliphatic rings. The summed E-state index contributed by atoms with van der Waals surface area (Å²) in [7, 11) is 0. The molecule has 0 spiro atoms. The first-order chi connectivity index (χ1) is 6.00. The van der Waals surface area contributed by atoms with E-state index in [2.05, 4.69) is 13.8 Å². The van der Waals surface area contributed by atoms with Gasteiger partial charge in [0.25, 0.3) is 0 Å². The van der Waals surface area contributed by atoms with E-state index in [1.807, 2.05) is 0 Å². The van der Waals surface area contributed by atoms with Gasteiger partial charge in [-0.1, -0.05) is 39.5 Å². The Hall–Kier alpha value is 1.09. The van der Waals surface area contributed by atoms with Gasteiger partial charge in [-0.3, -0.25) is 0 Å². The van der Waals surface area contributed by atoms with Gasteiger partial charge in [0.05, 0.1) is 0 Å². The molecule has 0 radical (unpaired) electrons. The van der Waals surface area contributed by atoms with E-state index in [1.165, 1.54) is 25.7 Å². The van der Waals surface area contributed by atoms with E-state index < -0.39 is 6.00 Å². The average Bonchev–Trinajstić information content (AvgIpc) is 2.45. The molecule has 0 aromatic heterocycles. The topological polar surface area (TPSA) is 0 Å². The van der Waals surface area contributed by atoms with Gasteiger partial charge in [-0.25, -0.2) is 0 Å². The summed E-state index contributed by atoms with van der Waals surface area (Å²) in [4.78, 5) is 0. The number of rotatable bonds is 3. The standard InChI is InChI=1S/C9H17Cl3Si/c1-3-7-5-6-8(4-2)9(7)13(10,11)12/h7-9H,3-6H2,1-2H3. The molecule has 1 saturated carbocycles. The van der Waals surface area contributed by atoms with Crippen LogP contribution in [0.4, 0.5) is 0 Å². The van der Waals surface area contributed by atoms with Crippen molar-refractivity contribution in [3.05, 3.63) is 0 Å². The Morgan fingerprint density at radius 1 is 1.00 bits per heavy atom. The van der Waals surface area contributed by atoms with Crippen molar-refractivity contribution in [1.29, 1.82) is 0 Å². The lowest BCUT2D eigenvalue weighted by molar-refractivity contribution is 0.466. The summed E-state index contributed by atoms with van der Waals surface area (Å²) in [5.74, 6) is 1.34. The molecule has 0 aromatic carbocycles. The van der Waals surface area contributed by atoms with Crippen molar-refractivity contribution < 1.29 is 0 Å². The minimum absolute atomic E-state index is 0.410. The maximum Gasteiger partial charge on any atom is 0.344 e. The third kappa shape index (κ3) is 2.77. The van der Waals surface area contributed by atoms with Gasteiger partial charge >= 0.3 is 6.00 Å². The Bertz CT molecular complexity index is 155. The zero-order chi connectivity index (χ0) is 10.1. The van der Waals surface area contributed by atoms with E-state index in [1.54, 1.807) is 0 Å². The predicted octanol–water partition coefficient (Wildman–Crippen LogP) is 4.86. The molecule has 0 aliphatic heterocycles. The molecule has 2 unspecified atom stereocenters. The summed E-state index contributed by atoms with van der Waals surface area (Å²) in [6.07, 6.45) is 4.87. The summed E-state index contributed by atoms with van der Waals surface area (Å²) in [5, 5.41) is 0. The first-order valence-corrected chi connectivity index (χ1v) is 10.2. The number of hydrogen-bond donors (Lipinski definition) is 0. The second-order valence-electron chi connectivity index (χ2n) is 3.98. The van der Waals surface area contributed by atoms with E-state index in [-0.39, 0.29) is 0 Å². The van der Waals surface area contributed by atoms with Gasteiger partial charge in [0.1, 0.15) is 0 Å². The Morgan fingerprint density at radius 2 is 1.38 bits per heavy atom. The highest BCUT2D eigenvalue weighted by Crippen LogP contribution is 2.54. The van der Waals surface area contributed by atoms with Crippen LogP contribution >= 0.6 is 33.2 Å². The maximum absolute atomic E-state index is 6.16. The zero-order valence-corrected chi connectivity index (χ0v) is 11.5. The monoisotopic (exact) mass is 258 g/mol. The van der Waals surface area contributed by atoms with Crippen LogP contribution in [0.2, 0.25) is 5.54 Å². The third-order valence-electron chi connectivity index (χ3n) is 3.35. The Labute approximate surface area is 96.1 Å². The van der Waals surface area contributed by atoms with E-state index in [9.17, 15) is 0 Å². The van der Waals surface area contributed by atoms with Crippen molar-refractivity contribution >= 4 is 39.2 Å². The molecule has 0 aromatic rings. The van der Waals surface area contributed by atoms with E-state index >= 15 is 0 Å². The van der Waals surface area contributed by atoms with Crippen LogP contribution in [-0.2, 0) is 0 Å². The first kappa shape index (κ1) is 12.2. The highest BCUT2D eigenvalue weighted by atomic mass is 35.8. The lowest BCUT2D eigenvalue weighted by Crippen LogP contribution is -2.27. The molecule has 1 rings (SSSR count). The summed E-state index contributed by atoms with van der Waals surface area (Å²) >= 11 is 18.5. The molecule has 0 N–H and O–H groups in total. The number of halogens is 3. The summed E-state index contributed by atoms with van der Waals surface area (Å²) in [6.45, 7) is 4.42. The molecule has 78 valence electrons. The summed E-state index contributed by atoms with van der Waals surface area (Å²) in [6, 6.07) is -2.48. The fourth-order valence-corrected chi connectivity index (χ4v) is 7.70. The highest BCUT2D eigenvalue weighted by Gasteiger charge is 2.48. The van der Waals surface area contributed by atoms with Crippen LogP contribution in [-0.4, -0.2) is 6.00 Å². The van der Waals surface area contributed by atoms with Crippen LogP contribution in [0.3, 0.4) is 0 Å². The summed E-state index contributed by atoms with van der Waals surface area (Å²) < 4.78 is 0. The van der Waals surface area contributed by atoms with Gasteiger partial charge in [0.15, 0.2) is 0 Å². The normalized spacial score (nSPS) is 35.3. The van der Waals surface area contributed by atoms with Crippen molar-refractivity contribution in [2.45, 2.75) is 45.1 Å². The molecule has 0 saturated heterocycles. The largest absolute Gasteiger partial charge is 0.344 e. The Balaban J connectivity index is 2.73. The highest BCUT2D eigenvalue weighted by molar-refractivity contribution is 7.65. The van der Waals surface area contributed by atoms with Crippen LogP contribution in [0.25, 0.3) is 0 Å². The van der Waals surface area contributed by atoms with Gasteiger partial charge < -0.3 is 0 Å². The summed E-state index contributed by atoms with van der Waals surface area (Å²) in [5.41, 5.74) is 0.410. The van der Waals surface area contributed by atoms with Gasteiger partial charge in [0.2, 0.25) is 0 Å². The minimum Gasteiger partial charge on any atom is -0.126 e. The van der Waals surface area contributed by atoms with Crippen molar-refractivity contribution in [2.75, 3.05) is 0 Å². The Morgan fingerprint density at radius 3 is 1.62 bits per heavy atom. The molecule has 1 fully saturated rings. The molecule has 4 heteroatoms. The molecule has 0 heterocycles. The van der Waals surface area contributed by atoms with Gasteiger partial charge in [-0.2, -0.15) is 0 Å².